The molecule has 0 unspecified atom stereocenters. The summed E-state index contributed by atoms with van der Waals surface area (Å²) in [7, 11) is 0. The molecule has 1 radical (unpaired) electrons. The summed E-state index contributed by atoms with van der Waals surface area (Å²) in [6.07, 6.45) is 8.30. The fourth-order valence-corrected chi connectivity index (χ4v) is 1.93. The Morgan fingerprint density at radius 2 is 1.57 bits per heavy atom. The van der Waals surface area contributed by atoms with Gasteiger partial charge in [0.1, 0.15) is 0 Å². The topological polar surface area (TPSA) is 0 Å². The van der Waals surface area contributed by atoms with Crippen LogP contribution in [0.3, 0.4) is 0 Å². The van der Waals surface area contributed by atoms with E-state index in [4.69, 9.17) is 0 Å². The zero-order chi connectivity index (χ0) is 11.0. The minimum Gasteiger partial charge on any atom is -0.0654 e. The Morgan fingerprint density at radius 3 is 2.00 bits per heavy atom. The first-order valence-corrected chi connectivity index (χ1v) is 6.42. The van der Waals surface area contributed by atoms with Gasteiger partial charge in [0.15, 0.2) is 0 Å². The quantitative estimate of drug-likeness (QED) is 0.467. The van der Waals surface area contributed by atoms with E-state index >= 15 is 0 Å². The molecule has 0 aliphatic carbocycles. The van der Waals surface area contributed by atoms with Crippen LogP contribution in [0, 0.1) is 17.8 Å². The van der Waals surface area contributed by atoms with Gasteiger partial charge in [0.05, 0.1) is 0 Å². The van der Waals surface area contributed by atoms with E-state index in [2.05, 4.69) is 34.6 Å². The molecule has 0 aliphatic heterocycles. The highest BCUT2D eigenvalue weighted by Crippen LogP contribution is 2.27. The van der Waals surface area contributed by atoms with Gasteiger partial charge in [0.2, 0.25) is 0 Å². The Kier molecular flexibility index (Phi) is 8.32. The maximum Gasteiger partial charge on any atom is -0.0213 e. The van der Waals surface area contributed by atoms with Crippen molar-refractivity contribution in [2.75, 3.05) is 0 Å². The highest BCUT2D eigenvalue weighted by molar-refractivity contribution is 4.93. The van der Waals surface area contributed by atoms with E-state index in [1.807, 2.05) is 0 Å². The Hall–Kier alpha value is 0. The van der Waals surface area contributed by atoms with Crippen LogP contribution in [0.15, 0.2) is 0 Å². The van der Waals surface area contributed by atoms with E-state index in [0.717, 1.165) is 11.8 Å². The molecule has 0 amide bonds. The normalized spacial score (nSPS) is 12.0. The molecule has 0 atom stereocenters. The van der Waals surface area contributed by atoms with Gasteiger partial charge in [-0.2, -0.15) is 0 Å². The lowest BCUT2D eigenvalue weighted by Gasteiger charge is -2.22. The van der Waals surface area contributed by atoms with Crippen molar-refractivity contribution >= 4 is 0 Å². The lowest BCUT2D eigenvalue weighted by molar-refractivity contribution is 0.465. The second-order valence-corrected chi connectivity index (χ2v) is 5.22. The van der Waals surface area contributed by atoms with Crippen LogP contribution in [0.2, 0.25) is 0 Å². The van der Waals surface area contributed by atoms with E-state index in [0.29, 0.717) is 0 Å². The van der Waals surface area contributed by atoms with Crippen LogP contribution >= 0.6 is 0 Å². The summed E-state index contributed by atoms with van der Waals surface area (Å²) in [6, 6.07) is 0. The molecule has 85 valence electrons. The van der Waals surface area contributed by atoms with Crippen molar-refractivity contribution in [2.45, 2.75) is 73.1 Å². The standard InChI is InChI=1S/C14H29/c1-6-7-8-9-10-14(13(4)5)11-12(2)3/h12-13H,6-11H2,1-5H3. The lowest BCUT2D eigenvalue weighted by Crippen LogP contribution is -2.09. The van der Waals surface area contributed by atoms with Crippen molar-refractivity contribution in [3.05, 3.63) is 5.92 Å². The number of hydrogen-bond acceptors (Lipinski definition) is 0. The Morgan fingerprint density at radius 1 is 0.929 bits per heavy atom. The summed E-state index contributed by atoms with van der Waals surface area (Å²) in [4.78, 5) is 0. The molecule has 14 heavy (non-hydrogen) atoms. The molecule has 0 N–H and O–H groups in total. The van der Waals surface area contributed by atoms with Gasteiger partial charge in [-0.3, -0.25) is 0 Å². The maximum absolute atomic E-state index is 2.34. The van der Waals surface area contributed by atoms with Gasteiger partial charge >= 0.3 is 0 Å². The van der Waals surface area contributed by atoms with E-state index < -0.39 is 0 Å². The average Bonchev–Trinajstić information content (AvgIpc) is 2.09. The van der Waals surface area contributed by atoms with E-state index in [1.54, 1.807) is 5.92 Å². The summed E-state index contributed by atoms with van der Waals surface area (Å²) in [5, 5.41) is 0. The van der Waals surface area contributed by atoms with Crippen molar-refractivity contribution in [2.24, 2.45) is 11.8 Å². The van der Waals surface area contributed by atoms with Crippen LogP contribution in [0.25, 0.3) is 0 Å². The van der Waals surface area contributed by atoms with Gasteiger partial charge in [-0.25, -0.2) is 0 Å². The Labute approximate surface area is 91.5 Å². The minimum absolute atomic E-state index is 0.791. The number of unbranched alkanes of at least 4 members (excludes halogenated alkanes) is 3. The highest BCUT2D eigenvalue weighted by Gasteiger charge is 2.14. The molecule has 0 saturated heterocycles. The summed E-state index contributed by atoms with van der Waals surface area (Å²) < 4.78 is 0. The first-order valence-electron chi connectivity index (χ1n) is 6.42. The first kappa shape index (κ1) is 14.0. The predicted octanol–water partition coefficient (Wildman–Crippen LogP) is 5.23. The van der Waals surface area contributed by atoms with E-state index in [9.17, 15) is 0 Å². The van der Waals surface area contributed by atoms with E-state index in [-0.39, 0.29) is 0 Å². The molecule has 0 aliphatic rings. The zero-order valence-electron chi connectivity index (χ0n) is 10.9. The Bertz CT molecular complexity index is 113. The third-order valence-corrected chi connectivity index (χ3v) is 2.84. The van der Waals surface area contributed by atoms with E-state index in [1.165, 1.54) is 38.5 Å². The van der Waals surface area contributed by atoms with Crippen molar-refractivity contribution in [1.82, 2.24) is 0 Å². The van der Waals surface area contributed by atoms with Crippen LogP contribution in [-0.4, -0.2) is 0 Å². The maximum atomic E-state index is 2.34. The van der Waals surface area contributed by atoms with Crippen LogP contribution in [0.4, 0.5) is 0 Å². The summed E-state index contributed by atoms with van der Waals surface area (Å²) in [5.41, 5.74) is 0. The molecule has 0 heterocycles. The van der Waals surface area contributed by atoms with Gasteiger partial charge in [-0.1, -0.05) is 60.3 Å². The van der Waals surface area contributed by atoms with Gasteiger partial charge in [0, 0.05) is 0 Å². The van der Waals surface area contributed by atoms with Gasteiger partial charge in [-0.05, 0) is 30.6 Å². The van der Waals surface area contributed by atoms with Crippen molar-refractivity contribution in [3.8, 4) is 0 Å². The predicted molar refractivity (Wildman–Crippen MR) is 66.3 cm³/mol. The average molecular weight is 197 g/mol. The molecule has 0 aromatic rings. The van der Waals surface area contributed by atoms with Gasteiger partial charge < -0.3 is 0 Å². The molecular weight excluding hydrogens is 168 g/mol. The van der Waals surface area contributed by atoms with Crippen LogP contribution in [0.1, 0.15) is 73.1 Å². The molecule has 0 rings (SSSR count). The molecule has 0 saturated carbocycles. The van der Waals surface area contributed by atoms with Crippen LogP contribution in [-0.2, 0) is 0 Å². The first-order chi connectivity index (χ1) is 6.57. The number of rotatable bonds is 8. The molecule has 0 aromatic carbocycles. The monoisotopic (exact) mass is 197 g/mol. The highest BCUT2D eigenvalue weighted by atomic mass is 14.2. The smallest absolute Gasteiger partial charge is 0.0213 e. The van der Waals surface area contributed by atoms with Crippen molar-refractivity contribution in [1.29, 1.82) is 0 Å². The minimum atomic E-state index is 0.791. The molecule has 0 spiro atoms. The molecule has 0 fully saturated rings. The van der Waals surface area contributed by atoms with Crippen molar-refractivity contribution in [3.63, 3.8) is 0 Å². The van der Waals surface area contributed by atoms with Gasteiger partial charge in [0.25, 0.3) is 0 Å². The fourth-order valence-electron chi connectivity index (χ4n) is 1.93. The summed E-state index contributed by atoms with van der Waals surface area (Å²) in [5.74, 6) is 3.41. The summed E-state index contributed by atoms with van der Waals surface area (Å²) in [6.45, 7) is 11.6. The summed E-state index contributed by atoms with van der Waals surface area (Å²) >= 11 is 0. The SMILES string of the molecule is CCCCCC[C](CC(C)C)C(C)C. The second-order valence-electron chi connectivity index (χ2n) is 5.22. The number of hydrogen-bond donors (Lipinski definition) is 0. The lowest BCUT2D eigenvalue weighted by atomic mass is 9.84. The second kappa shape index (κ2) is 8.32. The van der Waals surface area contributed by atoms with Crippen LogP contribution < -0.4 is 0 Å². The molecule has 0 nitrogen and oxygen atoms in total. The van der Waals surface area contributed by atoms with Crippen molar-refractivity contribution < 1.29 is 0 Å². The largest absolute Gasteiger partial charge is 0.0654 e. The third-order valence-electron chi connectivity index (χ3n) is 2.84. The van der Waals surface area contributed by atoms with Crippen LogP contribution in [0.5, 0.6) is 0 Å². The fraction of sp³-hybridized carbons (Fsp3) is 0.929. The zero-order valence-corrected chi connectivity index (χ0v) is 10.9. The van der Waals surface area contributed by atoms with Gasteiger partial charge in [-0.15, -0.1) is 0 Å². The third kappa shape index (κ3) is 7.41. The molecular formula is C14H29. The Balaban J connectivity index is 3.63. The molecule has 0 aromatic heterocycles. The molecule has 0 heteroatoms. The molecule has 0 bridgehead atoms.